The molecule has 1 aliphatic heterocycles. The minimum absolute atomic E-state index is 0.0451. The second-order valence-electron chi connectivity index (χ2n) is 6.97. The van der Waals surface area contributed by atoms with Gasteiger partial charge in [0.25, 0.3) is 0 Å². The number of alkyl halides is 3. The Kier molecular flexibility index (Phi) is 6.36. The van der Waals surface area contributed by atoms with E-state index in [1.54, 1.807) is 6.33 Å². The first kappa shape index (κ1) is 21.0. The van der Waals surface area contributed by atoms with Gasteiger partial charge in [0.2, 0.25) is 5.91 Å². The lowest BCUT2D eigenvalue weighted by Gasteiger charge is -2.36. The third-order valence-corrected chi connectivity index (χ3v) is 5.04. The van der Waals surface area contributed by atoms with Gasteiger partial charge in [-0.1, -0.05) is 19.1 Å². The molecule has 0 atom stereocenters. The van der Waals surface area contributed by atoms with E-state index in [1.165, 1.54) is 18.2 Å². The number of nitrogens with zero attached hydrogens (tertiary/aromatic N) is 4. The van der Waals surface area contributed by atoms with Crippen molar-refractivity contribution < 1.29 is 18.0 Å². The van der Waals surface area contributed by atoms with Crippen molar-refractivity contribution in [3.8, 4) is 0 Å². The Morgan fingerprint density at radius 2 is 1.83 bits per heavy atom. The van der Waals surface area contributed by atoms with Gasteiger partial charge in [0.15, 0.2) is 0 Å². The topological polar surface area (TPSA) is 61.4 Å². The minimum atomic E-state index is -4.51. The number of carbonyl (C=O) groups excluding carboxylic acids is 1. The second-order valence-corrected chi connectivity index (χ2v) is 6.97. The van der Waals surface area contributed by atoms with Gasteiger partial charge < -0.3 is 10.2 Å². The van der Waals surface area contributed by atoms with E-state index in [-0.39, 0.29) is 12.2 Å². The van der Waals surface area contributed by atoms with Crippen LogP contribution in [0.5, 0.6) is 0 Å². The van der Waals surface area contributed by atoms with Gasteiger partial charge in [-0.05, 0) is 25.5 Å². The summed E-state index contributed by atoms with van der Waals surface area (Å²) in [5.74, 6) is 0.463. The van der Waals surface area contributed by atoms with Crippen LogP contribution >= 0.6 is 0 Å². The molecule has 1 fully saturated rings. The molecule has 0 saturated carbocycles. The number of anilines is 2. The van der Waals surface area contributed by atoms with E-state index in [4.69, 9.17) is 0 Å². The molecule has 0 aliphatic carbocycles. The molecular formula is C20H24F3N5O. The number of aryl methyl sites for hydroxylation is 1. The van der Waals surface area contributed by atoms with Gasteiger partial charge in [-0.25, -0.2) is 9.97 Å². The Labute approximate surface area is 167 Å². The molecule has 1 amide bonds. The number of carbonyl (C=O) groups is 1. The maximum Gasteiger partial charge on any atom is 0.418 e. The lowest BCUT2D eigenvalue weighted by Crippen LogP contribution is -2.49. The van der Waals surface area contributed by atoms with Crippen LogP contribution in [0, 0.1) is 6.92 Å². The number of nitrogens with one attached hydrogen (secondary N) is 1. The van der Waals surface area contributed by atoms with Crippen molar-refractivity contribution in [2.75, 3.05) is 42.9 Å². The van der Waals surface area contributed by atoms with E-state index in [2.05, 4.69) is 27.1 Å². The highest BCUT2D eigenvalue weighted by atomic mass is 19.4. The lowest BCUT2D eigenvalue weighted by atomic mass is 10.1. The number of piperazine rings is 1. The predicted octanol–water partition coefficient (Wildman–Crippen LogP) is 3.13. The maximum atomic E-state index is 13.1. The maximum absolute atomic E-state index is 13.1. The molecule has 1 aliphatic rings. The minimum Gasteiger partial charge on any atom is -0.354 e. The molecule has 1 saturated heterocycles. The summed E-state index contributed by atoms with van der Waals surface area (Å²) in [4.78, 5) is 25.1. The molecule has 0 radical (unpaired) electrons. The molecule has 1 N–H and O–H groups in total. The molecule has 0 spiro atoms. The first-order valence-electron chi connectivity index (χ1n) is 9.53. The summed E-state index contributed by atoms with van der Waals surface area (Å²) in [6, 6.07) is 5.00. The monoisotopic (exact) mass is 407 g/mol. The molecule has 2 heterocycles. The third-order valence-electron chi connectivity index (χ3n) is 5.04. The molecule has 9 heteroatoms. The number of para-hydroxylation sites is 1. The van der Waals surface area contributed by atoms with Crippen molar-refractivity contribution in [3.05, 3.63) is 47.4 Å². The highest BCUT2D eigenvalue weighted by Crippen LogP contribution is 2.34. The number of hydrogen-bond acceptors (Lipinski definition) is 5. The molecule has 156 valence electrons. The number of aromatic nitrogens is 2. The summed E-state index contributed by atoms with van der Waals surface area (Å²) < 4.78 is 39.2. The van der Waals surface area contributed by atoms with Crippen LogP contribution < -0.4 is 10.2 Å². The van der Waals surface area contributed by atoms with Crippen LogP contribution in [0.1, 0.15) is 23.7 Å². The SMILES string of the molecule is CCc1c(C)ncnc1N1CCN(CC(=O)Nc2ccccc2C(F)(F)F)CC1. The van der Waals surface area contributed by atoms with Crippen molar-refractivity contribution >= 4 is 17.4 Å². The van der Waals surface area contributed by atoms with E-state index < -0.39 is 17.6 Å². The number of hydrogen-bond donors (Lipinski definition) is 1. The number of rotatable bonds is 5. The summed E-state index contributed by atoms with van der Waals surface area (Å²) in [6.07, 6.45) is -2.12. The number of halogens is 3. The zero-order chi connectivity index (χ0) is 21.0. The smallest absolute Gasteiger partial charge is 0.354 e. The number of benzene rings is 1. The van der Waals surface area contributed by atoms with Crippen LogP contribution in [0.4, 0.5) is 24.7 Å². The fourth-order valence-electron chi connectivity index (χ4n) is 3.52. The van der Waals surface area contributed by atoms with Gasteiger partial charge >= 0.3 is 6.18 Å². The average Bonchev–Trinajstić information content (AvgIpc) is 2.68. The van der Waals surface area contributed by atoms with E-state index in [1.807, 2.05) is 11.8 Å². The summed E-state index contributed by atoms with van der Waals surface area (Å²) >= 11 is 0. The Morgan fingerprint density at radius 3 is 2.48 bits per heavy atom. The van der Waals surface area contributed by atoms with Crippen molar-refractivity contribution in [2.45, 2.75) is 26.4 Å². The van der Waals surface area contributed by atoms with Crippen LogP contribution in [0.15, 0.2) is 30.6 Å². The quantitative estimate of drug-likeness (QED) is 0.825. The van der Waals surface area contributed by atoms with Crippen molar-refractivity contribution in [1.82, 2.24) is 14.9 Å². The first-order chi connectivity index (χ1) is 13.8. The van der Waals surface area contributed by atoms with E-state index in [0.29, 0.717) is 26.2 Å². The summed E-state index contributed by atoms with van der Waals surface area (Å²) in [6.45, 7) is 6.70. The van der Waals surface area contributed by atoms with Gasteiger partial charge in [0.1, 0.15) is 12.1 Å². The van der Waals surface area contributed by atoms with Gasteiger partial charge in [0.05, 0.1) is 17.8 Å². The zero-order valence-electron chi connectivity index (χ0n) is 16.5. The van der Waals surface area contributed by atoms with Crippen molar-refractivity contribution in [2.24, 2.45) is 0 Å². The second kappa shape index (κ2) is 8.77. The number of amides is 1. The molecule has 0 bridgehead atoms. The van der Waals surface area contributed by atoms with Crippen LogP contribution in [-0.2, 0) is 17.4 Å². The van der Waals surface area contributed by atoms with E-state index in [0.717, 1.165) is 29.6 Å². The fraction of sp³-hybridized carbons (Fsp3) is 0.450. The predicted molar refractivity (Wildman–Crippen MR) is 105 cm³/mol. The lowest BCUT2D eigenvalue weighted by molar-refractivity contribution is -0.137. The van der Waals surface area contributed by atoms with Gasteiger partial charge in [-0.15, -0.1) is 0 Å². The van der Waals surface area contributed by atoms with Crippen LogP contribution in [0.3, 0.4) is 0 Å². The van der Waals surface area contributed by atoms with E-state index >= 15 is 0 Å². The summed E-state index contributed by atoms with van der Waals surface area (Å²) in [5.41, 5.74) is 1.02. The van der Waals surface area contributed by atoms with Crippen LogP contribution in [0.2, 0.25) is 0 Å². The van der Waals surface area contributed by atoms with Gasteiger partial charge in [0, 0.05) is 37.4 Å². The molecular weight excluding hydrogens is 383 g/mol. The Bertz CT molecular complexity index is 863. The zero-order valence-corrected chi connectivity index (χ0v) is 16.5. The fourth-order valence-corrected chi connectivity index (χ4v) is 3.52. The highest BCUT2D eigenvalue weighted by Gasteiger charge is 2.33. The molecule has 29 heavy (non-hydrogen) atoms. The standard InChI is InChI=1S/C20H24F3N5O/c1-3-15-14(2)24-13-25-19(15)28-10-8-27(9-11-28)12-18(29)26-17-7-5-4-6-16(17)20(21,22)23/h4-7,13H,3,8-12H2,1-2H3,(H,26,29). The molecule has 6 nitrogen and oxygen atoms in total. The van der Waals surface area contributed by atoms with Crippen LogP contribution in [-0.4, -0.2) is 53.5 Å². The van der Waals surface area contributed by atoms with Crippen molar-refractivity contribution in [3.63, 3.8) is 0 Å². The van der Waals surface area contributed by atoms with Gasteiger partial charge in [-0.3, -0.25) is 9.69 Å². The van der Waals surface area contributed by atoms with E-state index in [9.17, 15) is 18.0 Å². The van der Waals surface area contributed by atoms with Crippen LogP contribution in [0.25, 0.3) is 0 Å². The Hall–Kier alpha value is -2.68. The normalized spacial score (nSPS) is 15.4. The largest absolute Gasteiger partial charge is 0.418 e. The first-order valence-corrected chi connectivity index (χ1v) is 9.53. The Morgan fingerprint density at radius 1 is 1.14 bits per heavy atom. The molecule has 2 aromatic rings. The van der Waals surface area contributed by atoms with Gasteiger partial charge in [-0.2, -0.15) is 13.2 Å². The molecule has 0 unspecified atom stereocenters. The molecule has 3 rings (SSSR count). The average molecular weight is 407 g/mol. The molecule has 1 aromatic carbocycles. The highest BCUT2D eigenvalue weighted by molar-refractivity contribution is 5.93. The summed E-state index contributed by atoms with van der Waals surface area (Å²) in [5, 5.41) is 2.40. The summed E-state index contributed by atoms with van der Waals surface area (Å²) in [7, 11) is 0. The third kappa shape index (κ3) is 5.03. The Balaban J connectivity index is 1.58. The molecule has 1 aromatic heterocycles. The van der Waals surface area contributed by atoms with Crippen molar-refractivity contribution in [1.29, 1.82) is 0 Å².